The lowest BCUT2D eigenvalue weighted by atomic mass is 10.0. The molecule has 69 heavy (non-hydrogen) atoms. The zero-order valence-electron chi connectivity index (χ0n) is 37.1. The summed E-state index contributed by atoms with van der Waals surface area (Å²) in [4.78, 5) is 20.9. The van der Waals surface area contributed by atoms with Crippen molar-refractivity contribution in [3.05, 3.63) is 237 Å². The van der Waals surface area contributed by atoms with Gasteiger partial charge in [0.25, 0.3) is 0 Å². The van der Waals surface area contributed by atoms with Crippen LogP contribution in [0.4, 0.5) is 0 Å². The van der Waals surface area contributed by atoms with Crippen LogP contribution in [0, 0.1) is 0 Å². The Kier molecular flexibility index (Phi) is 8.75. The second kappa shape index (κ2) is 15.6. The summed E-state index contributed by atoms with van der Waals surface area (Å²) in [5.41, 5.74) is 14.6. The normalized spacial score (nSPS) is 11.8. The molecule has 0 N–H and O–H groups in total. The van der Waals surface area contributed by atoms with Crippen LogP contribution >= 0.6 is 0 Å². The predicted molar refractivity (Wildman–Crippen MR) is 282 cm³/mol. The summed E-state index contributed by atoms with van der Waals surface area (Å²) in [5.74, 6) is 1.80. The van der Waals surface area contributed by atoms with E-state index in [0.29, 0.717) is 17.6 Å². The monoisotopic (exact) mass is 881 g/mol. The van der Waals surface area contributed by atoms with Gasteiger partial charge in [-0.3, -0.25) is 4.57 Å². The molecular formula is C62H39N7. The van der Waals surface area contributed by atoms with Crippen molar-refractivity contribution in [3.8, 4) is 62.6 Å². The average Bonchev–Trinajstić information content (AvgIpc) is 4.07. The van der Waals surface area contributed by atoms with Crippen LogP contribution in [0.25, 0.3) is 128 Å². The smallest absolute Gasteiger partial charge is 0.238 e. The van der Waals surface area contributed by atoms with Crippen molar-refractivity contribution in [2.45, 2.75) is 0 Å². The Morgan fingerprint density at radius 3 is 1.42 bits per heavy atom. The summed E-state index contributed by atoms with van der Waals surface area (Å²) in [7, 11) is 0. The third kappa shape index (κ3) is 6.21. The van der Waals surface area contributed by atoms with E-state index in [1.54, 1.807) is 0 Å². The molecule has 0 aliphatic carbocycles. The van der Waals surface area contributed by atoms with Gasteiger partial charge in [-0.15, -0.1) is 0 Å². The van der Waals surface area contributed by atoms with Crippen molar-refractivity contribution in [1.82, 2.24) is 33.6 Å². The minimum absolute atomic E-state index is 0.562. The molecule has 0 unspecified atom stereocenters. The Balaban J connectivity index is 0.938. The van der Waals surface area contributed by atoms with Gasteiger partial charge >= 0.3 is 0 Å². The number of nitrogens with zero attached hydrogens (tertiary/aromatic N) is 7. The van der Waals surface area contributed by atoms with Gasteiger partial charge in [0, 0.05) is 65.9 Å². The van der Waals surface area contributed by atoms with Crippen molar-refractivity contribution < 1.29 is 0 Å². The van der Waals surface area contributed by atoms with Gasteiger partial charge in [-0.25, -0.2) is 9.97 Å². The van der Waals surface area contributed by atoms with E-state index in [-0.39, 0.29) is 0 Å². The maximum Gasteiger partial charge on any atom is 0.238 e. The molecule has 9 aromatic carbocycles. The van der Waals surface area contributed by atoms with Crippen LogP contribution in [-0.4, -0.2) is 33.6 Å². The van der Waals surface area contributed by atoms with Gasteiger partial charge in [0.15, 0.2) is 11.6 Å². The van der Waals surface area contributed by atoms with Gasteiger partial charge in [0.2, 0.25) is 5.95 Å². The molecule has 0 amide bonds. The largest absolute Gasteiger partial charge is 0.309 e. The van der Waals surface area contributed by atoms with Gasteiger partial charge in [-0.2, -0.15) is 9.97 Å². The highest BCUT2D eigenvalue weighted by molar-refractivity contribution is 6.26. The van der Waals surface area contributed by atoms with Crippen molar-refractivity contribution in [2.75, 3.05) is 0 Å². The Morgan fingerprint density at radius 2 is 0.739 bits per heavy atom. The molecule has 0 spiro atoms. The molecule has 14 aromatic rings. The molecule has 0 bridgehead atoms. The number of hydrogen-bond acceptors (Lipinski definition) is 4. The summed E-state index contributed by atoms with van der Waals surface area (Å²) in [5, 5.41) is 6.93. The number of benzene rings is 9. The van der Waals surface area contributed by atoms with Gasteiger partial charge < -0.3 is 9.13 Å². The first-order chi connectivity index (χ1) is 34.2. The van der Waals surface area contributed by atoms with Gasteiger partial charge in [-0.1, -0.05) is 164 Å². The number of pyridine rings is 1. The lowest BCUT2D eigenvalue weighted by Gasteiger charge is -2.12. The molecule has 0 saturated heterocycles. The minimum atomic E-state index is 0.562. The quantitative estimate of drug-likeness (QED) is 0.160. The summed E-state index contributed by atoms with van der Waals surface area (Å²) in [6, 6.07) is 83.2. The predicted octanol–water partition coefficient (Wildman–Crippen LogP) is 15.2. The van der Waals surface area contributed by atoms with E-state index in [2.05, 4.69) is 214 Å². The number of aromatic nitrogens is 7. The Hall–Kier alpha value is -9.46. The summed E-state index contributed by atoms with van der Waals surface area (Å²) >= 11 is 0. The molecule has 0 saturated carbocycles. The van der Waals surface area contributed by atoms with E-state index >= 15 is 0 Å². The van der Waals surface area contributed by atoms with Crippen molar-refractivity contribution >= 4 is 65.4 Å². The third-order valence-corrected chi connectivity index (χ3v) is 13.5. The molecule has 0 atom stereocenters. The Labute approximate surface area is 396 Å². The van der Waals surface area contributed by atoms with E-state index in [0.717, 1.165) is 88.6 Å². The molecule has 0 fully saturated rings. The van der Waals surface area contributed by atoms with Crippen molar-refractivity contribution in [3.63, 3.8) is 0 Å². The first-order valence-electron chi connectivity index (χ1n) is 23.2. The van der Waals surface area contributed by atoms with Crippen LogP contribution < -0.4 is 0 Å². The van der Waals surface area contributed by atoms with Crippen LogP contribution in [0.3, 0.4) is 0 Å². The fourth-order valence-electron chi connectivity index (χ4n) is 10.4. The molecule has 7 nitrogen and oxygen atoms in total. The van der Waals surface area contributed by atoms with Crippen LogP contribution in [0.1, 0.15) is 0 Å². The lowest BCUT2D eigenvalue weighted by molar-refractivity contribution is 0.955. The second-order valence-electron chi connectivity index (χ2n) is 17.5. The van der Waals surface area contributed by atoms with Gasteiger partial charge in [0.05, 0.1) is 44.5 Å². The fourth-order valence-corrected chi connectivity index (χ4v) is 10.4. The standard InChI is InChI=1S/C62H39N7/c1-4-18-40(19-5-1)60-64-61(41-20-6-2-7-21-41)66-62(65-60)69-54-32-14-10-26-46(54)48-35-37-57-58(59(48)69)49-28-12-15-33-55(49)68(57)45-25-16-22-42(38-45)51-29-17-30-52(63-51)43-34-36-56-50(39-43)47-27-11-13-31-53(47)67(56)44-23-8-3-9-24-44/h1-39H. The number of rotatable bonds is 7. The van der Waals surface area contributed by atoms with Crippen molar-refractivity contribution in [1.29, 1.82) is 0 Å². The minimum Gasteiger partial charge on any atom is -0.309 e. The van der Waals surface area contributed by atoms with Crippen LogP contribution in [0.15, 0.2) is 237 Å². The maximum absolute atomic E-state index is 5.34. The van der Waals surface area contributed by atoms with Crippen molar-refractivity contribution in [2.24, 2.45) is 0 Å². The zero-order valence-corrected chi connectivity index (χ0v) is 37.1. The summed E-state index contributed by atoms with van der Waals surface area (Å²) < 4.78 is 6.97. The Morgan fingerprint density at radius 1 is 0.261 bits per heavy atom. The van der Waals surface area contributed by atoms with E-state index in [1.165, 1.54) is 21.8 Å². The summed E-state index contributed by atoms with van der Waals surface area (Å²) in [6.07, 6.45) is 0. The molecule has 7 heteroatoms. The topological polar surface area (TPSA) is 66.3 Å². The highest BCUT2D eigenvalue weighted by atomic mass is 15.2. The van der Waals surface area contributed by atoms with Crippen LogP contribution in [-0.2, 0) is 0 Å². The molecule has 0 aliphatic rings. The number of para-hydroxylation sites is 4. The SMILES string of the molecule is c1ccc(-c2nc(-c3ccccc3)nc(-n3c4ccccc4c4ccc5c(c6ccccc6n5-c5cccc(-c6cccc(-c7ccc8c(c7)c7ccccc7n8-c7ccccc7)n6)c5)c43)n2)cc1. The van der Waals surface area contributed by atoms with E-state index in [4.69, 9.17) is 19.9 Å². The van der Waals surface area contributed by atoms with E-state index in [1.807, 2.05) is 36.4 Å². The first kappa shape index (κ1) is 38.8. The average molecular weight is 882 g/mol. The highest BCUT2D eigenvalue weighted by Crippen LogP contribution is 2.43. The lowest BCUT2D eigenvalue weighted by Crippen LogP contribution is -2.06. The molecular weight excluding hydrogens is 843 g/mol. The van der Waals surface area contributed by atoms with E-state index < -0.39 is 0 Å². The molecule has 0 aliphatic heterocycles. The Bertz CT molecular complexity index is 4240. The molecule has 14 rings (SSSR count). The third-order valence-electron chi connectivity index (χ3n) is 13.5. The number of fused-ring (bicyclic) bond motifs is 10. The van der Waals surface area contributed by atoms with Crippen LogP contribution in [0.2, 0.25) is 0 Å². The molecule has 5 aromatic heterocycles. The maximum atomic E-state index is 5.34. The van der Waals surface area contributed by atoms with E-state index in [9.17, 15) is 0 Å². The second-order valence-corrected chi connectivity index (χ2v) is 17.5. The summed E-state index contributed by atoms with van der Waals surface area (Å²) in [6.45, 7) is 0. The van der Waals surface area contributed by atoms with Gasteiger partial charge in [-0.05, 0) is 72.8 Å². The van der Waals surface area contributed by atoms with Gasteiger partial charge in [0.1, 0.15) is 0 Å². The molecule has 5 heterocycles. The zero-order chi connectivity index (χ0) is 45.4. The fraction of sp³-hybridized carbons (Fsp3) is 0. The molecule has 322 valence electrons. The van der Waals surface area contributed by atoms with Crippen LogP contribution in [0.5, 0.6) is 0 Å². The highest BCUT2D eigenvalue weighted by Gasteiger charge is 2.23. The first-order valence-corrected chi connectivity index (χ1v) is 23.2. The number of hydrogen-bond donors (Lipinski definition) is 0. The molecule has 0 radical (unpaired) electrons.